The molecule has 18 heavy (non-hydrogen) atoms. The van der Waals surface area contributed by atoms with Crippen LogP contribution in [-0.2, 0) is 0 Å². The fourth-order valence-electron chi connectivity index (χ4n) is 3.03. The first-order chi connectivity index (χ1) is 8.68. The van der Waals surface area contributed by atoms with E-state index >= 15 is 0 Å². The Labute approximate surface area is 109 Å². The zero-order chi connectivity index (χ0) is 13.0. The normalized spacial score (nSPS) is 20.2. The zero-order valence-corrected chi connectivity index (χ0v) is 11.2. The Kier molecular flexibility index (Phi) is 4.76. The molecule has 1 aromatic carbocycles. The Morgan fingerprint density at radius 1 is 1.11 bits per heavy atom. The van der Waals surface area contributed by atoms with Gasteiger partial charge in [-0.25, -0.2) is 4.39 Å². The van der Waals surface area contributed by atoms with Crippen molar-refractivity contribution in [1.29, 1.82) is 0 Å². The molecule has 1 aliphatic carbocycles. The van der Waals surface area contributed by atoms with Gasteiger partial charge in [0.25, 0.3) is 0 Å². The van der Waals surface area contributed by atoms with Crippen molar-refractivity contribution in [3.05, 3.63) is 35.1 Å². The van der Waals surface area contributed by atoms with Gasteiger partial charge in [0, 0.05) is 0 Å². The highest BCUT2D eigenvalue weighted by molar-refractivity contribution is 5.28. The molecule has 0 aromatic heterocycles. The van der Waals surface area contributed by atoms with Crippen molar-refractivity contribution in [2.75, 3.05) is 0 Å². The Bertz CT molecular complexity index is 381. The summed E-state index contributed by atoms with van der Waals surface area (Å²) in [5, 5.41) is 10.5. The smallest absolute Gasteiger partial charge is 0.123 e. The molecule has 0 bridgehead atoms. The van der Waals surface area contributed by atoms with Crippen LogP contribution in [0.5, 0.6) is 0 Å². The van der Waals surface area contributed by atoms with Gasteiger partial charge in [-0.15, -0.1) is 0 Å². The molecule has 0 radical (unpaired) electrons. The number of hydrogen-bond acceptors (Lipinski definition) is 1. The van der Waals surface area contributed by atoms with E-state index in [2.05, 4.69) is 0 Å². The number of halogens is 1. The molecule has 0 spiro atoms. The summed E-state index contributed by atoms with van der Waals surface area (Å²) in [5.41, 5.74) is 1.77. The summed E-state index contributed by atoms with van der Waals surface area (Å²) in [6.07, 6.45) is 8.08. The monoisotopic (exact) mass is 250 g/mol. The van der Waals surface area contributed by atoms with Crippen LogP contribution in [0.3, 0.4) is 0 Å². The molecule has 0 aliphatic heterocycles. The van der Waals surface area contributed by atoms with Crippen LogP contribution in [0.2, 0.25) is 0 Å². The lowest BCUT2D eigenvalue weighted by Crippen LogP contribution is -2.15. The lowest BCUT2D eigenvalue weighted by molar-refractivity contribution is 0.0906. The van der Waals surface area contributed by atoms with Crippen LogP contribution in [0.25, 0.3) is 0 Å². The molecule has 0 amide bonds. The SMILES string of the molecule is Cc1cc(F)ccc1C(O)C1CCCCCCC1. The second kappa shape index (κ2) is 6.33. The summed E-state index contributed by atoms with van der Waals surface area (Å²) in [4.78, 5) is 0. The van der Waals surface area contributed by atoms with E-state index in [9.17, 15) is 9.50 Å². The van der Waals surface area contributed by atoms with Gasteiger partial charge in [-0.2, -0.15) is 0 Å². The van der Waals surface area contributed by atoms with E-state index in [4.69, 9.17) is 0 Å². The van der Waals surface area contributed by atoms with Crippen LogP contribution in [0.1, 0.15) is 62.2 Å². The molecule has 0 heterocycles. The number of aryl methyl sites for hydroxylation is 1. The third-order valence-corrected chi connectivity index (χ3v) is 4.15. The van der Waals surface area contributed by atoms with Crippen molar-refractivity contribution in [2.24, 2.45) is 5.92 Å². The highest BCUT2D eigenvalue weighted by Crippen LogP contribution is 2.34. The van der Waals surface area contributed by atoms with Crippen molar-refractivity contribution in [3.8, 4) is 0 Å². The summed E-state index contributed by atoms with van der Waals surface area (Å²) in [6.45, 7) is 1.88. The van der Waals surface area contributed by atoms with Crippen molar-refractivity contribution >= 4 is 0 Å². The van der Waals surface area contributed by atoms with E-state index in [1.807, 2.05) is 6.92 Å². The second-order valence-corrected chi connectivity index (χ2v) is 5.55. The predicted octanol–water partition coefficient (Wildman–Crippen LogP) is 4.53. The van der Waals surface area contributed by atoms with Crippen LogP contribution in [0.4, 0.5) is 4.39 Å². The minimum Gasteiger partial charge on any atom is -0.388 e. The van der Waals surface area contributed by atoms with Gasteiger partial charge in [0.1, 0.15) is 5.82 Å². The molecule has 1 aromatic rings. The standard InChI is InChI=1S/C16H23FO/c1-12-11-14(17)9-10-15(12)16(18)13-7-5-3-2-4-6-8-13/h9-11,13,16,18H,2-8H2,1H3. The van der Waals surface area contributed by atoms with Crippen molar-refractivity contribution in [1.82, 2.24) is 0 Å². The maximum absolute atomic E-state index is 13.1. The number of aliphatic hydroxyl groups is 1. The molecular weight excluding hydrogens is 227 g/mol. The zero-order valence-electron chi connectivity index (χ0n) is 11.2. The van der Waals surface area contributed by atoms with Crippen molar-refractivity contribution in [2.45, 2.75) is 58.0 Å². The molecule has 1 nitrogen and oxygen atoms in total. The molecule has 100 valence electrons. The van der Waals surface area contributed by atoms with E-state index in [0.29, 0.717) is 5.92 Å². The molecule has 2 heteroatoms. The summed E-state index contributed by atoms with van der Waals surface area (Å²) < 4.78 is 13.1. The van der Waals surface area contributed by atoms with Crippen LogP contribution in [-0.4, -0.2) is 5.11 Å². The Morgan fingerprint density at radius 2 is 1.72 bits per heavy atom. The van der Waals surface area contributed by atoms with Gasteiger partial charge in [0.05, 0.1) is 6.10 Å². The van der Waals surface area contributed by atoms with Crippen LogP contribution < -0.4 is 0 Å². The Balaban J connectivity index is 2.10. The third-order valence-electron chi connectivity index (χ3n) is 4.15. The lowest BCUT2D eigenvalue weighted by atomic mass is 9.83. The Morgan fingerprint density at radius 3 is 2.33 bits per heavy atom. The van der Waals surface area contributed by atoms with E-state index in [0.717, 1.165) is 24.0 Å². The second-order valence-electron chi connectivity index (χ2n) is 5.55. The largest absolute Gasteiger partial charge is 0.388 e. The predicted molar refractivity (Wildman–Crippen MR) is 71.9 cm³/mol. The van der Waals surface area contributed by atoms with Gasteiger partial charge in [0.2, 0.25) is 0 Å². The third kappa shape index (κ3) is 3.32. The van der Waals surface area contributed by atoms with Gasteiger partial charge in [-0.05, 0) is 48.9 Å². The molecule has 1 fully saturated rings. The van der Waals surface area contributed by atoms with Gasteiger partial charge < -0.3 is 5.11 Å². The molecule has 0 saturated heterocycles. The van der Waals surface area contributed by atoms with Gasteiger partial charge >= 0.3 is 0 Å². The van der Waals surface area contributed by atoms with E-state index in [-0.39, 0.29) is 5.82 Å². The van der Waals surface area contributed by atoms with Crippen LogP contribution >= 0.6 is 0 Å². The van der Waals surface area contributed by atoms with E-state index < -0.39 is 6.10 Å². The van der Waals surface area contributed by atoms with Crippen molar-refractivity contribution < 1.29 is 9.50 Å². The first-order valence-electron chi connectivity index (χ1n) is 7.12. The number of hydrogen-bond donors (Lipinski definition) is 1. The van der Waals surface area contributed by atoms with E-state index in [1.54, 1.807) is 6.07 Å². The quantitative estimate of drug-likeness (QED) is 0.817. The average molecular weight is 250 g/mol. The maximum Gasteiger partial charge on any atom is 0.123 e. The minimum atomic E-state index is -0.427. The number of rotatable bonds is 2. The van der Waals surface area contributed by atoms with Gasteiger partial charge in [-0.1, -0.05) is 38.2 Å². The van der Waals surface area contributed by atoms with Crippen LogP contribution in [0.15, 0.2) is 18.2 Å². The molecular formula is C16H23FO. The fourth-order valence-corrected chi connectivity index (χ4v) is 3.03. The highest BCUT2D eigenvalue weighted by atomic mass is 19.1. The summed E-state index contributed by atoms with van der Waals surface area (Å²) in [5.74, 6) is 0.121. The van der Waals surface area contributed by atoms with Gasteiger partial charge in [-0.3, -0.25) is 0 Å². The lowest BCUT2D eigenvalue weighted by Gasteiger charge is -2.26. The summed E-state index contributed by atoms with van der Waals surface area (Å²) >= 11 is 0. The molecule has 2 rings (SSSR count). The first-order valence-corrected chi connectivity index (χ1v) is 7.12. The summed E-state index contributed by atoms with van der Waals surface area (Å²) in [6, 6.07) is 4.71. The molecule has 1 N–H and O–H groups in total. The molecule has 1 atom stereocenters. The highest BCUT2D eigenvalue weighted by Gasteiger charge is 2.22. The average Bonchev–Trinajstić information content (AvgIpc) is 2.27. The summed E-state index contributed by atoms with van der Waals surface area (Å²) in [7, 11) is 0. The molecule has 1 unspecified atom stereocenters. The maximum atomic E-state index is 13.1. The minimum absolute atomic E-state index is 0.221. The topological polar surface area (TPSA) is 20.2 Å². The number of benzene rings is 1. The van der Waals surface area contributed by atoms with Gasteiger partial charge in [0.15, 0.2) is 0 Å². The van der Waals surface area contributed by atoms with E-state index in [1.165, 1.54) is 44.2 Å². The molecule has 1 saturated carbocycles. The van der Waals surface area contributed by atoms with Crippen molar-refractivity contribution in [3.63, 3.8) is 0 Å². The fraction of sp³-hybridized carbons (Fsp3) is 0.625. The van der Waals surface area contributed by atoms with Crippen LogP contribution in [0, 0.1) is 18.7 Å². The first kappa shape index (κ1) is 13.5. The molecule has 1 aliphatic rings. The number of aliphatic hydroxyl groups excluding tert-OH is 1. The Hall–Kier alpha value is -0.890.